The molecule has 3 atom stereocenters. The summed E-state index contributed by atoms with van der Waals surface area (Å²) in [5.74, 6) is -2.56. The first kappa shape index (κ1) is 27.3. The van der Waals surface area contributed by atoms with Gasteiger partial charge in [-0.3, -0.25) is 9.52 Å². The number of anilines is 1. The Kier molecular flexibility index (Phi) is 9.22. The number of aliphatic hydroxyl groups is 1. The third-order valence-corrected chi connectivity index (χ3v) is 5.54. The average molecular weight is 498 g/mol. The Bertz CT molecular complexity index is 1140. The first-order chi connectivity index (χ1) is 15.8. The van der Waals surface area contributed by atoms with Crippen molar-refractivity contribution >= 4 is 28.0 Å². The maximum Gasteiger partial charge on any atom is 0.311 e. The van der Waals surface area contributed by atoms with E-state index in [1.54, 1.807) is 0 Å². The topological polar surface area (TPSA) is 118 Å². The van der Waals surface area contributed by atoms with Crippen LogP contribution in [0.15, 0.2) is 30.3 Å². The van der Waals surface area contributed by atoms with Crippen LogP contribution >= 0.6 is 0 Å². The van der Waals surface area contributed by atoms with Gasteiger partial charge in [0.2, 0.25) is 16.0 Å². The van der Waals surface area contributed by atoms with Crippen LogP contribution in [0.3, 0.4) is 0 Å². The van der Waals surface area contributed by atoms with Crippen molar-refractivity contribution in [3.8, 4) is 11.3 Å². The summed E-state index contributed by atoms with van der Waals surface area (Å²) >= 11 is 0. The monoisotopic (exact) mass is 497 g/mol. The number of hydrogen-bond donors (Lipinski definition) is 2. The molecule has 0 amide bonds. The summed E-state index contributed by atoms with van der Waals surface area (Å²) in [5.41, 5.74) is 1.70. The van der Waals surface area contributed by atoms with Gasteiger partial charge in [-0.05, 0) is 37.1 Å². The number of alkyl halides is 1. The number of hydrogen-bond acceptors (Lipinski definition) is 7. The highest BCUT2D eigenvalue weighted by Crippen LogP contribution is 2.31. The Morgan fingerprint density at radius 3 is 2.35 bits per heavy atom. The van der Waals surface area contributed by atoms with Crippen molar-refractivity contribution in [1.29, 1.82) is 0 Å². The molecule has 2 aromatic rings. The number of esters is 1. The summed E-state index contributed by atoms with van der Waals surface area (Å²) in [7, 11) is -2.51. The molecule has 1 heterocycles. The van der Waals surface area contributed by atoms with Gasteiger partial charge in [-0.25, -0.2) is 27.2 Å². The zero-order valence-corrected chi connectivity index (χ0v) is 20.4. The molecule has 1 unspecified atom stereocenters. The maximum atomic E-state index is 14.4. The lowest BCUT2D eigenvalue weighted by molar-refractivity contribution is -0.147. The van der Waals surface area contributed by atoms with Gasteiger partial charge in [-0.15, -0.1) is 0 Å². The number of carbonyl (C=O) groups excluding carboxylic acids is 1. The number of ether oxygens (including phenoxy) is 1. The number of nitrogens with zero attached hydrogens (tertiary/aromatic N) is 2. The fourth-order valence-corrected chi connectivity index (χ4v) is 3.61. The van der Waals surface area contributed by atoms with Gasteiger partial charge in [0.1, 0.15) is 12.0 Å². The molecule has 8 nitrogen and oxygen atoms in total. The van der Waals surface area contributed by atoms with Crippen molar-refractivity contribution in [2.45, 2.75) is 45.4 Å². The van der Waals surface area contributed by atoms with Crippen molar-refractivity contribution in [2.24, 2.45) is 5.92 Å². The Morgan fingerprint density at radius 2 is 1.82 bits per heavy atom. The van der Waals surface area contributed by atoms with Gasteiger partial charge in [0.15, 0.2) is 0 Å². The molecular weight excluding hydrogens is 468 g/mol. The summed E-state index contributed by atoms with van der Waals surface area (Å²) in [5, 5.41) is 10.4. The van der Waals surface area contributed by atoms with Gasteiger partial charge in [0.05, 0.1) is 36.8 Å². The average Bonchev–Trinajstić information content (AvgIpc) is 2.75. The molecule has 0 saturated heterocycles. The van der Waals surface area contributed by atoms with Crippen molar-refractivity contribution in [3.63, 3.8) is 0 Å². The zero-order chi connectivity index (χ0) is 25.6. The van der Waals surface area contributed by atoms with Crippen molar-refractivity contribution in [1.82, 2.24) is 9.97 Å². The molecule has 0 saturated carbocycles. The van der Waals surface area contributed by atoms with E-state index in [9.17, 15) is 27.1 Å². The molecule has 2 rings (SSSR count). The lowest BCUT2D eigenvalue weighted by atomic mass is 9.96. The normalized spacial score (nSPS) is 14.7. The van der Waals surface area contributed by atoms with E-state index in [-0.39, 0.29) is 18.3 Å². The molecule has 0 spiro atoms. The molecule has 186 valence electrons. The second kappa shape index (κ2) is 11.5. The van der Waals surface area contributed by atoms with Crippen LogP contribution < -0.4 is 4.72 Å². The van der Waals surface area contributed by atoms with Crippen LogP contribution in [0, 0.1) is 11.7 Å². The Labute approximate surface area is 198 Å². The Hall–Kier alpha value is -2.92. The molecule has 0 aliphatic heterocycles. The lowest BCUT2D eigenvalue weighted by Gasteiger charge is -2.18. The van der Waals surface area contributed by atoms with Crippen LogP contribution in [-0.4, -0.2) is 55.1 Å². The van der Waals surface area contributed by atoms with E-state index in [1.807, 2.05) is 13.8 Å². The highest BCUT2D eigenvalue weighted by atomic mass is 32.2. The van der Waals surface area contributed by atoms with Crippen molar-refractivity contribution < 1.29 is 31.8 Å². The summed E-state index contributed by atoms with van der Waals surface area (Å²) in [6.07, 6.45) is 0.610. The fraction of sp³-hybridized carbons (Fsp3) is 0.435. The van der Waals surface area contributed by atoms with Gasteiger partial charge in [0, 0.05) is 17.5 Å². The molecule has 1 aromatic heterocycles. The summed E-state index contributed by atoms with van der Waals surface area (Å²) in [6, 6.07) is 5.44. The molecule has 0 fully saturated rings. The third kappa shape index (κ3) is 7.56. The van der Waals surface area contributed by atoms with Crippen LogP contribution in [0.25, 0.3) is 17.3 Å². The number of sulfonamides is 1. The molecule has 0 aliphatic carbocycles. The van der Waals surface area contributed by atoms with Crippen molar-refractivity contribution in [2.75, 3.05) is 18.1 Å². The molecule has 1 aromatic carbocycles. The summed E-state index contributed by atoms with van der Waals surface area (Å²) < 4.78 is 58.2. The van der Waals surface area contributed by atoms with Crippen LogP contribution in [0.5, 0.6) is 0 Å². The lowest BCUT2D eigenvalue weighted by Crippen LogP contribution is -2.26. The summed E-state index contributed by atoms with van der Waals surface area (Å²) in [6.45, 7) is 5.05. The number of aromatic nitrogens is 2. The predicted octanol–water partition coefficient (Wildman–Crippen LogP) is 3.69. The molecule has 0 bridgehead atoms. The molecular formula is C23H29F2N3O5S. The molecule has 0 radical (unpaired) electrons. The smallest absolute Gasteiger partial charge is 0.311 e. The van der Waals surface area contributed by atoms with Crippen LogP contribution in [0.4, 0.5) is 14.7 Å². The van der Waals surface area contributed by atoms with Gasteiger partial charge in [-0.1, -0.05) is 26.0 Å². The van der Waals surface area contributed by atoms with Gasteiger partial charge < -0.3 is 9.84 Å². The molecule has 0 aliphatic rings. The second-order valence-electron chi connectivity index (χ2n) is 8.22. The number of nitrogens with one attached hydrogen (secondary N) is 1. The van der Waals surface area contributed by atoms with Crippen LogP contribution in [0.1, 0.15) is 44.4 Å². The minimum absolute atomic E-state index is 0.154. The van der Waals surface area contributed by atoms with E-state index in [1.165, 1.54) is 43.3 Å². The first-order valence-electron chi connectivity index (χ1n) is 10.6. The number of methoxy groups -OCH3 is 1. The minimum atomic E-state index is -3.67. The summed E-state index contributed by atoms with van der Waals surface area (Å²) in [4.78, 5) is 20.2. The van der Waals surface area contributed by atoms with Gasteiger partial charge in [0.25, 0.3) is 0 Å². The van der Waals surface area contributed by atoms with Crippen LogP contribution in [0.2, 0.25) is 0 Å². The number of benzene rings is 1. The fourth-order valence-electron chi connectivity index (χ4n) is 3.18. The second-order valence-corrected chi connectivity index (χ2v) is 9.97. The largest absolute Gasteiger partial charge is 0.469 e. The SMILES string of the molecule is COC(=O)C(C)[C@@H](F)C[C@@H](O)/C=C/c1c(-c2ccc(F)cc2)nc(NS(C)(=O)=O)nc1C(C)C. The van der Waals surface area contributed by atoms with E-state index >= 15 is 0 Å². The molecule has 11 heteroatoms. The van der Waals surface area contributed by atoms with E-state index in [0.29, 0.717) is 22.5 Å². The number of halogens is 2. The van der Waals surface area contributed by atoms with E-state index in [0.717, 1.165) is 13.4 Å². The van der Waals surface area contributed by atoms with E-state index in [4.69, 9.17) is 0 Å². The van der Waals surface area contributed by atoms with Gasteiger partial charge >= 0.3 is 5.97 Å². The van der Waals surface area contributed by atoms with Gasteiger partial charge in [-0.2, -0.15) is 0 Å². The Balaban J connectivity index is 2.51. The van der Waals surface area contributed by atoms with Crippen molar-refractivity contribution in [3.05, 3.63) is 47.4 Å². The maximum absolute atomic E-state index is 14.4. The highest BCUT2D eigenvalue weighted by Gasteiger charge is 2.26. The van der Waals surface area contributed by atoms with E-state index in [2.05, 4.69) is 19.4 Å². The quantitative estimate of drug-likeness (QED) is 0.481. The number of aliphatic hydroxyl groups excluding tert-OH is 1. The zero-order valence-electron chi connectivity index (χ0n) is 19.6. The van der Waals surface area contributed by atoms with E-state index < -0.39 is 40.0 Å². The number of rotatable bonds is 10. The Morgan fingerprint density at radius 1 is 1.21 bits per heavy atom. The standard InChI is InChI=1S/C23H29F2N3O5S/c1-13(2)20-18(11-10-17(29)12-19(25)14(3)22(30)33-4)21(15-6-8-16(24)9-7-15)27-23(26-20)28-34(5,31)32/h6-11,13-14,17,19,29H,12H2,1-5H3,(H,26,27,28)/b11-10+/t14?,17-,19-/m0/s1. The third-order valence-electron chi connectivity index (χ3n) is 4.98. The first-order valence-corrected chi connectivity index (χ1v) is 12.4. The molecule has 2 N–H and O–H groups in total. The number of carbonyl (C=O) groups is 1. The van der Waals surface area contributed by atoms with Crippen LogP contribution in [-0.2, 0) is 19.6 Å². The predicted molar refractivity (Wildman–Crippen MR) is 126 cm³/mol. The minimum Gasteiger partial charge on any atom is -0.469 e. The molecule has 34 heavy (non-hydrogen) atoms. The highest BCUT2D eigenvalue weighted by molar-refractivity contribution is 7.91.